The van der Waals surface area contributed by atoms with E-state index < -0.39 is 16.1 Å². The highest BCUT2D eigenvalue weighted by atomic mass is 35.5. The minimum absolute atomic E-state index is 0.332. The third kappa shape index (κ3) is 5.97. The topological polar surface area (TPSA) is 66.5 Å². The first-order valence-corrected chi connectivity index (χ1v) is 11.0. The Hall–Kier alpha value is -2.05. The minimum atomic E-state index is -3.60. The van der Waals surface area contributed by atoms with Crippen molar-refractivity contribution in [2.45, 2.75) is 32.7 Å². The maximum atomic E-state index is 12.5. The van der Waals surface area contributed by atoms with Gasteiger partial charge in [0.05, 0.1) is 11.9 Å². The van der Waals surface area contributed by atoms with E-state index in [0.717, 1.165) is 28.1 Å². The van der Waals surface area contributed by atoms with Crippen LogP contribution >= 0.6 is 11.6 Å². The second kappa shape index (κ2) is 9.24. The van der Waals surface area contributed by atoms with E-state index in [1.165, 1.54) is 0 Å². The molecule has 2 rings (SSSR count). The SMILES string of the molecule is Cc1cccc(N([C@@H](C)C(=O)NCCCc2ccccc2Cl)S(C)(=O)=O)c1. The molecule has 0 saturated carbocycles. The van der Waals surface area contributed by atoms with Gasteiger partial charge in [-0.3, -0.25) is 9.10 Å². The van der Waals surface area contributed by atoms with Crippen LogP contribution in [0.4, 0.5) is 5.69 Å². The summed E-state index contributed by atoms with van der Waals surface area (Å²) in [5.41, 5.74) is 2.43. The summed E-state index contributed by atoms with van der Waals surface area (Å²) >= 11 is 6.13. The largest absolute Gasteiger partial charge is 0.354 e. The Morgan fingerprint density at radius 2 is 1.89 bits per heavy atom. The number of hydrogen-bond acceptors (Lipinski definition) is 3. The predicted octanol–water partition coefficient (Wildman–Crippen LogP) is 3.55. The molecule has 0 aliphatic heterocycles. The molecule has 0 fully saturated rings. The van der Waals surface area contributed by atoms with Crippen LogP contribution in [-0.4, -0.2) is 33.2 Å². The number of hydrogen-bond donors (Lipinski definition) is 1. The second-order valence-electron chi connectivity index (χ2n) is 6.56. The van der Waals surface area contributed by atoms with Gasteiger partial charge in [0.25, 0.3) is 0 Å². The monoisotopic (exact) mass is 408 g/mol. The van der Waals surface area contributed by atoms with E-state index >= 15 is 0 Å². The van der Waals surface area contributed by atoms with Gasteiger partial charge in [0.2, 0.25) is 15.9 Å². The number of benzene rings is 2. The summed E-state index contributed by atoms with van der Waals surface area (Å²) in [7, 11) is -3.60. The third-order valence-corrected chi connectivity index (χ3v) is 5.83. The zero-order chi connectivity index (χ0) is 20.0. The molecule has 0 aliphatic rings. The molecule has 0 heterocycles. The average Bonchev–Trinajstić information content (AvgIpc) is 2.59. The summed E-state index contributed by atoms with van der Waals surface area (Å²) in [6.45, 7) is 3.91. The lowest BCUT2D eigenvalue weighted by Gasteiger charge is -2.28. The molecule has 2 aromatic carbocycles. The third-order valence-electron chi connectivity index (χ3n) is 4.22. The van der Waals surface area contributed by atoms with E-state index in [1.807, 2.05) is 37.3 Å². The molecule has 1 N–H and O–H groups in total. The number of nitrogens with one attached hydrogen (secondary N) is 1. The molecule has 0 radical (unpaired) electrons. The van der Waals surface area contributed by atoms with Crippen molar-refractivity contribution in [1.29, 1.82) is 0 Å². The zero-order valence-electron chi connectivity index (χ0n) is 15.8. The van der Waals surface area contributed by atoms with Gasteiger partial charge in [-0.15, -0.1) is 0 Å². The summed E-state index contributed by atoms with van der Waals surface area (Å²) in [5.74, 6) is -0.332. The molecule has 2 aromatic rings. The summed E-state index contributed by atoms with van der Waals surface area (Å²) in [6, 6.07) is 13.8. The number of halogens is 1. The van der Waals surface area contributed by atoms with Gasteiger partial charge in [-0.1, -0.05) is 41.9 Å². The van der Waals surface area contributed by atoms with Crippen molar-refractivity contribution < 1.29 is 13.2 Å². The van der Waals surface area contributed by atoms with E-state index in [4.69, 9.17) is 11.6 Å². The van der Waals surface area contributed by atoms with Crippen molar-refractivity contribution in [2.24, 2.45) is 0 Å². The lowest BCUT2D eigenvalue weighted by molar-refractivity contribution is -0.121. The number of sulfonamides is 1. The molecular formula is C20H25ClN2O3S. The van der Waals surface area contributed by atoms with E-state index in [0.29, 0.717) is 23.7 Å². The van der Waals surface area contributed by atoms with Crippen molar-refractivity contribution in [1.82, 2.24) is 5.32 Å². The minimum Gasteiger partial charge on any atom is -0.354 e. The Morgan fingerprint density at radius 1 is 1.19 bits per heavy atom. The van der Waals surface area contributed by atoms with Crippen LogP contribution in [0.1, 0.15) is 24.5 Å². The van der Waals surface area contributed by atoms with Crippen LogP contribution in [0.5, 0.6) is 0 Å². The van der Waals surface area contributed by atoms with Crippen LogP contribution < -0.4 is 9.62 Å². The van der Waals surface area contributed by atoms with Gasteiger partial charge in [-0.25, -0.2) is 8.42 Å². The molecule has 0 bridgehead atoms. The fraction of sp³-hybridized carbons (Fsp3) is 0.350. The standard InChI is InChI=1S/C20H25ClN2O3S/c1-15-8-6-11-18(14-15)23(27(3,25)26)16(2)20(24)22-13-7-10-17-9-4-5-12-19(17)21/h4-6,8-9,11-12,14,16H,7,10,13H2,1-3H3,(H,22,24)/t16-/m0/s1. The smallest absolute Gasteiger partial charge is 0.243 e. The van der Waals surface area contributed by atoms with E-state index in [-0.39, 0.29) is 5.91 Å². The Labute approximate surface area is 166 Å². The van der Waals surface area contributed by atoms with E-state index in [1.54, 1.807) is 25.1 Å². The fourth-order valence-electron chi connectivity index (χ4n) is 2.91. The zero-order valence-corrected chi connectivity index (χ0v) is 17.3. The normalized spacial score (nSPS) is 12.4. The van der Waals surface area contributed by atoms with Crippen molar-refractivity contribution >= 4 is 33.2 Å². The second-order valence-corrected chi connectivity index (χ2v) is 8.83. The highest BCUT2D eigenvalue weighted by molar-refractivity contribution is 7.92. The maximum absolute atomic E-state index is 12.5. The molecule has 7 heteroatoms. The molecule has 0 aromatic heterocycles. The molecule has 0 unspecified atom stereocenters. The molecule has 146 valence electrons. The first-order valence-electron chi connectivity index (χ1n) is 8.77. The number of amides is 1. The van der Waals surface area contributed by atoms with Gasteiger partial charge < -0.3 is 5.32 Å². The molecule has 5 nitrogen and oxygen atoms in total. The van der Waals surface area contributed by atoms with Gasteiger partial charge in [0.1, 0.15) is 6.04 Å². The Balaban J connectivity index is 2.00. The van der Waals surface area contributed by atoms with Crippen LogP contribution in [0.3, 0.4) is 0 Å². The molecule has 27 heavy (non-hydrogen) atoms. The number of nitrogens with zero attached hydrogens (tertiary/aromatic N) is 1. The van der Waals surface area contributed by atoms with Crippen molar-refractivity contribution in [3.8, 4) is 0 Å². The number of rotatable bonds is 8. The average molecular weight is 409 g/mol. The number of anilines is 1. The first kappa shape index (κ1) is 21.3. The van der Waals surface area contributed by atoms with Gasteiger partial charge in [-0.2, -0.15) is 0 Å². The quantitative estimate of drug-likeness (QED) is 0.679. The number of carbonyl (C=O) groups excluding carboxylic acids is 1. The van der Waals surface area contributed by atoms with Gasteiger partial charge in [0.15, 0.2) is 0 Å². The first-order chi connectivity index (χ1) is 12.7. The molecular weight excluding hydrogens is 384 g/mol. The molecule has 0 saturated heterocycles. The summed E-state index contributed by atoms with van der Waals surface area (Å²) in [6.07, 6.45) is 2.56. The number of carbonyl (C=O) groups is 1. The molecule has 1 atom stereocenters. The van der Waals surface area contributed by atoms with Crippen molar-refractivity contribution in [3.63, 3.8) is 0 Å². The van der Waals surface area contributed by atoms with Crippen LogP contribution in [0, 0.1) is 6.92 Å². The maximum Gasteiger partial charge on any atom is 0.243 e. The van der Waals surface area contributed by atoms with Gasteiger partial charge in [0, 0.05) is 11.6 Å². The molecule has 0 spiro atoms. The predicted molar refractivity (Wildman–Crippen MR) is 111 cm³/mol. The van der Waals surface area contributed by atoms with Crippen LogP contribution in [0.15, 0.2) is 48.5 Å². The van der Waals surface area contributed by atoms with Crippen molar-refractivity contribution in [3.05, 3.63) is 64.7 Å². The Kier molecular flexibility index (Phi) is 7.27. The van der Waals surface area contributed by atoms with Crippen LogP contribution in [-0.2, 0) is 21.2 Å². The Bertz CT molecular complexity index is 900. The Morgan fingerprint density at radius 3 is 2.52 bits per heavy atom. The van der Waals surface area contributed by atoms with Crippen molar-refractivity contribution in [2.75, 3.05) is 17.1 Å². The van der Waals surface area contributed by atoms with E-state index in [2.05, 4.69) is 5.32 Å². The lowest BCUT2D eigenvalue weighted by Crippen LogP contribution is -2.48. The highest BCUT2D eigenvalue weighted by Gasteiger charge is 2.28. The summed E-state index contributed by atoms with van der Waals surface area (Å²) < 4.78 is 25.7. The highest BCUT2D eigenvalue weighted by Crippen LogP contribution is 2.22. The number of aryl methyl sites for hydroxylation is 2. The van der Waals surface area contributed by atoms with E-state index in [9.17, 15) is 13.2 Å². The van der Waals surface area contributed by atoms with Gasteiger partial charge in [-0.05, 0) is 56.0 Å². The lowest BCUT2D eigenvalue weighted by atomic mass is 10.1. The summed E-state index contributed by atoms with van der Waals surface area (Å²) in [5, 5.41) is 3.53. The summed E-state index contributed by atoms with van der Waals surface area (Å²) in [4.78, 5) is 12.5. The fourth-order valence-corrected chi connectivity index (χ4v) is 4.31. The van der Waals surface area contributed by atoms with Gasteiger partial charge >= 0.3 is 0 Å². The van der Waals surface area contributed by atoms with Crippen LogP contribution in [0.25, 0.3) is 0 Å². The van der Waals surface area contributed by atoms with Crippen LogP contribution in [0.2, 0.25) is 5.02 Å². The molecule has 1 amide bonds. The molecule has 0 aliphatic carbocycles.